The molecule has 7 nitrogen and oxygen atoms in total. The molecule has 0 spiro atoms. The number of aliphatic imine (C=N–C) groups is 1. The standard InChI is InChI=1S/C12H10N4O3/c17-9-6-8(7-4-2-1-3-5-7)13-12-14-10(11(18)19)15-16(9)12/h1-6,12-13H,(H,14,15)(H,18,19)/t12-/m1/s1. The molecule has 1 aromatic carbocycles. The van der Waals surface area contributed by atoms with Crippen molar-refractivity contribution in [1.82, 2.24) is 15.8 Å². The molecule has 19 heavy (non-hydrogen) atoms. The van der Waals surface area contributed by atoms with E-state index in [0.717, 1.165) is 10.6 Å². The number of rotatable bonds is 2. The molecule has 1 aromatic rings. The van der Waals surface area contributed by atoms with Gasteiger partial charge in [0, 0.05) is 6.08 Å². The molecule has 0 radical (unpaired) electrons. The van der Waals surface area contributed by atoms with Crippen LogP contribution in [0.4, 0.5) is 0 Å². The van der Waals surface area contributed by atoms with Crippen molar-refractivity contribution in [2.75, 3.05) is 0 Å². The summed E-state index contributed by atoms with van der Waals surface area (Å²) in [5, 5.41) is 13.0. The van der Waals surface area contributed by atoms with Gasteiger partial charge in [-0.15, -0.1) is 0 Å². The van der Waals surface area contributed by atoms with E-state index in [0.29, 0.717) is 5.70 Å². The molecule has 0 fully saturated rings. The number of hydrogen-bond donors (Lipinski definition) is 3. The highest BCUT2D eigenvalue weighted by molar-refractivity contribution is 6.35. The number of carboxylic acids is 1. The predicted octanol–water partition coefficient (Wildman–Crippen LogP) is -0.256. The van der Waals surface area contributed by atoms with Crippen molar-refractivity contribution in [3.8, 4) is 0 Å². The minimum Gasteiger partial charge on any atom is -0.475 e. The normalized spacial score (nSPS) is 20.9. The van der Waals surface area contributed by atoms with E-state index in [-0.39, 0.29) is 11.7 Å². The van der Waals surface area contributed by atoms with E-state index in [2.05, 4.69) is 15.7 Å². The van der Waals surface area contributed by atoms with E-state index in [1.807, 2.05) is 30.3 Å². The molecular formula is C12H10N4O3. The van der Waals surface area contributed by atoms with Crippen LogP contribution in [0.15, 0.2) is 41.4 Å². The molecule has 0 bridgehead atoms. The molecule has 0 saturated heterocycles. The molecule has 0 aromatic heterocycles. The van der Waals surface area contributed by atoms with Crippen LogP contribution in [0.3, 0.4) is 0 Å². The van der Waals surface area contributed by atoms with Gasteiger partial charge in [0.1, 0.15) is 0 Å². The Labute approximate surface area is 108 Å². The fourth-order valence-corrected chi connectivity index (χ4v) is 1.92. The van der Waals surface area contributed by atoms with Crippen molar-refractivity contribution in [3.05, 3.63) is 42.0 Å². The van der Waals surface area contributed by atoms with E-state index in [1.165, 1.54) is 6.08 Å². The van der Waals surface area contributed by atoms with E-state index in [1.54, 1.807) is 0 Å². The maximum absolute atomic E-state index is 11.9. The fourth-order valence-electron chi connectivity index (χ4n) is 1.92. The predicted molar refractivity (Wildman–Crippen MR) is 66.4 cm³/mol. The van der Waals surface area contributed by atoms with Crippen LogP contribution in [-0.4, -0.2) is 34.1 Å². The Balaban J connectivity index is 1.90. The molecule has 3 N–H and O–H groups in total. The third kappa shape index (κ3) is 1.90. The highest BCUT2D eigenvalue weighted by Gasteiger charge is 2.35. The number of nitrogens with one attached hydrogen (secondary N) is 2. The smallest absolute Gasteiger partial charge is 0.373 e. The average molecular weight is 258 g/mol. The molecular weight excluding hydrogens is 248 g/mol. The number of carbonyl (C=O) groups excluding carboxylic acids is 1. The average Bonchev–Trinajstić information content (AvgIpc) is 2.84. The van der Waals surface area contributed by atoms with Crippen LogP contribution in [0.1, 0.15) is 5.56 Å². The van der Waals surface area contributed by atoms with E-state index < -0.39 is 12.3 Å². The third-order valence-corrected chi connectivity index (χ3v) is 2.80. The first-order valence-electron chi connectivity index (χ1n) is 5.60. The van der Waals surface area contributed by atoms with E-state index in [4.69, 9.17) is 5.11 Å². The van der Waals surface area contributed by atoms with Crippen molar-refractivity contribution in [3.63, 3.8) is 0 Å². The SMILES string of the molecule is O=C(O)C1=N[C@H]2NC(c3ccccc3)=CC(=O)N2N1. The topological polar surface area (TPSA) is 94.0 Å². The molecule has 1 atom stereocenters. The fraction of sp³-hybridized carbons (Fsp3) is 0.0833. The summed E-state index contributed by atoms with van der Waals surface area (Å²) in [4.78, 5) is 26.6. The molecule has 2 aliphatic rings. The third-order valence-electron chi connectivity index (χ3n) is 2.80. The number of fused-ring (bicyclic) bond motifs is 1. The number of carboxylic acid groups (broad SMARTS) is 1. The number of aliphatic carboxylic acids is 1. The van der Waals surface area contributed by atoms with Gasteiger partial charge in [-0.1, -0.05) is 30.3 Å². The Morgan fingerprint density at radius 3 is 2.74 bits per heavy atom. The van der Waals surface area contributed by atoms with Gasteiger partial charge in [-0.3, -0.25) is 10.2 Å². The van der Waals surface area contributed by atoms with Gasteiger partial charge in [-0.05, 0) is 5.56 Å². The lowest BCUT2D eigenvalue weighted by Crippen LogP contribution is -2.53. The summed E-state index contributed by atoms with van der Waals surface area (Å²) < 4.78 is 0. The van der Waals surface area contributed by atoms with Gasteiger partial charge in [0.05, 0.1) is 5.70 Å². The van der Waals surface area contributed by atoms with Gasteiger partial charge in [-0.2, -0.15) is 0 Å². The number of nitrogens with zero attached hydrogens (tertiary/aromatic N) is 2. The molecule has 2 aliphatic heterocycles. The maximum atomic E-state index is 11.9. The Kier molecular flexibility index (Phi) is 2.45. The summed E-state index contributed by atoms with van der Waals surface area (Å²) in [5.41, 5.74) is 3.90. The first-order chi connectivity index (χ1) is 9.15. The van der Waals surface area contributed by atoms with Crippen molar-refractivity contribution in [2.45, 2.75) is 6.29 Å². The maximum Gasteiger partial charge on any atom is 0.373 e. The summed E-state index contributed by atoms with van der Waals surface area (Å²) in [6.07, 6.45) is 0.665. The quantitative estimate of drug-likeness (QED) is 0.679. The summed E-state index contributed by atoms with van der Waals surface area (Å²) in [6, 6.07) is 9.29. The van der Waals surface area contributed by atoms with Gasteiger partial charge in [0.25, 0.3) is 5.91 Å². The molecule has 0 aliphatic carbocycles. The van der Waals surface area contributed by atoms with Gasteiger partial charge in [0.15, 0.2) is 0 Å². The molecule has 7 heteroatoms. The molecule has 1 amide bonds. The lowest BCUT2D eigenvalue weighted by molar-refractivity contribution is -0.131. The highest BCUT2D eigenvalue weighted by atomic mass is 16.4. The second-order valence-corrected chi connectivity index (χ2v) is 4.04. The molecule has 0 saturated carbocycles. The first kappa shape index (κ1) is 11.3. The zero-order valence-corrected chi connectivity index (χ0v) is 9.70. The highest BCUT2D eigenvalue weighted by Crippen LogP contribution is 2.19. The van der Waals surface area contributed by atoms with Gasteiger partial charge in [-0.25, -0.2) is 14.8 Å². The summed E-state index contributed by atoms with van der Waals surface area (Å²) in [7, 11) is 0. The van der Waals surface area contributed by atoms with Gasteiger partial charge >= 0.3 is 5.97 Å². The van der Waals surface area contributed by atoms with Crippen molar-refractivity contribution >= 4 is 23.4 Å². The number of hydrogen-bond acceptors (Lipinski definition) is 5. The Morgan fingerprint density at radius 2 is 2.05 bits per heavy atom. The number of hydrazine groups is 1. The molecule has 96 valence electrons. The summed E-state index contributed by atoms with van der Waals surface area (Å²) >= 11 is 0. The monoisotopic (exact) mass is 258 g/mol. The Hall–Kier alpha value is -2.83. The Morgan fingerprint density at radius 1 is 1.32 bits per heavy atom. The first-order valence-corrected chi connectivity index (χ1v) is 5.60. The summed E-state index contributed by atoms with van der Waals surface area (Å²) in [5.74, 6) is -1.80. The van der Waals surface area contributed by atoms with Crippen LogP contribution in [0.5, 0.6) is 0 Å². The van der Waals surface area contributed by atoms with Crippen LogP contribution >= 0.6 is 0 Å². The number of carbonyl (C=O) groups is 2. The van der Waals surface area contributed by atoms with Crippen molar-refractivity contribution < 1.29 is 14.7 Å². The largest absolute Gasteiger partial charge is 0.475 e. The van der Waals surface area contributed by atoms with Crippen molar-refractivity contribution in [1.29, 1.82) is 0 Å². The second kappa shape index (κ2) is 4.13. The number of benzene rings is 1. The van der Waals surface area contributed by atoms with Crippen LogP contribution in [-0.2, 0) is 9.59 Å². The van der Waals surface area contributed by atoms with Crippen LogP contribution in [0.2, 0.25) is 0 Å². The van der Waals surface area contributed by atoms with Crippen LogP contribution in [0, 0.1) is 0 Å². The van der Waals surface area contributed by atoms with Gasteiger partial charge in [0.2, 0.25) is 12.1 Å². The van der Waals surface area contributed by atoms with E-state index in [9.17, 15) is 9.59 Å². The van der Waals surface area contributed by atoms with Gasteiger partial charge < -0.3 is 10.4 Å². The number of amides is 1. The van der Waals surface area contributed by atoms with Crippen LogP contribution < -0.4 is 10.7 Å². The lowest BCUT2D eigenvalue weighted by atomic mass is 10.1. The van der Waals surface area contributed by atoms with E-state index >= 15 is 0 Å². The number of amidine groups is 1. The zero-order chi connectivity index (χ0) is 13.4. The summed E-state index contributed by atoms with van der Waals surface area (Å²) in [6.45, 7) is 0. The minimum atomic E-state index is -1.20. The second-order valence-electron chi connectivity index (χ2n) is 4.04. The minimum absolute atomic E-state index is 0.256. The molecule has 3 rings (SSSR count). The molecule has 2 heterocycles. The zero-order valence-electron chi connectivity index (χ0n) is 9.70. The molecule has 0 unspecified atom stereocenters. The van der Waals surface area contributed by atoms with Crippen LogP contribution in [0.25, 0.3) is 5.70 Å². The lowest BCUT2D eigenvalue weighted by Gasteiger charge is -2.28. The van der Waals surface area contributed by atoms with Crippen molar-refractivity contribution in [2.24, 2.45) is 4.99 Å². The Bertz CT molecular complexity index is 609.